The second kappa shape index (κ2) is 3.73. The van der Waals surface area contributed by atoms with Crippen molar-refractivity contribution in [1.82, 2.24) is 15.1 Å². The van der Waals surface area contributed by atoms with E-state index in [9.17, 15) is 4.79 Å². The van der Waals surface area contributed by atoms with E-state index in [-0.39, 0.29) is 5.91 Å². The van der Waals surface area contributed by atoms with Crippen LogP contribution < -0.4 is 5.32 Å². The SMILES string of the molecule is CCn1ncc2cc(C(=O)NC)ccc21. The highest BCUT2D eigenvalue weighted by molar-refractivity contribution is 5.97. The maximum absolute atomic E-state index is 11.4. The van der Waals surface area contributed by atoms with E-state index in [0.717, 1.165) is 17.4 Å². The fourth-order valence-electron chi connectivity index (χ4n) is 1.62. The molecule has 0 aliphatic carbocycles. The summed E-state index contributed by atoms with van der Waals surface area (Å²) in [7, 11) is 1.63. The molecule has 2 aromatic rings. The Kier molecular flexibility index (Phi) is 2.41. The molecule has 78 valence electrons. The van der Waals surface area contributed by atoms with E-state index in [1.54, 1.807) is 13.2 Å². The van der Waals surface area contributed by atoms with Gasteiger partial charge in [-0.3, -0.25) is 9.48 Å². The first-order valence-electron chi connectivity index (χ1n) is 4.94. The van der Waals surface area contributed by atoms with Crippen molar-refractivity contribution < 1.29 is 4.79 Å². The lowest BCUT2D eigenvalue weighted by molar-refractivity contribution is 0.0963. The Morgan fingerprint density at radius 3 is 3.00 bits per heavy atom. The summed E-state index contributed by atoms with van der Waals surface area (Å²) < 4.78 is 1.91. The topological polar surface area (TPSA) is 46.9 Å². The van der Waals surface area contributed by atoms with Crippen LogP contribution in [0.2, 0.25) is 0 Å². The zero-order valence-electron chi connectivity index (χ0n) is 8.82. The summed E-state index contributed by atoms with van der Waals surface area (Å²) in [6.07, 6.45) is 1.78. The number of carbonyl (C=O) groups is 1. The highest BCUT2D eigenvalue weighted by Gasteiger charge is 2.06. The number of benzene rings is 1. The van der Waals surface area contributed by atoms with Crippen molar-refractivity contribution in [2.24, 2.45) is 0 Å². The molecular formula is C11H13N3O. The predicted molar refractivity (Wildman–Crippen MR) is 58.8 cm³/mol. The van der Waals surface area contributed by atoms with Crippen LogP contribution in [-0.4, -0.2) is 22.7 Å². The third-order valence-corrected chi connectivity index (χ3v) is 2.43. The molecule has 0 unspecified atom stereocenters. The summed E-state index contributed by atoms with van der Waals surface area (Å²) in [6, 6.07) is 5.60. The van der Waals surface area contributed by atoms with Crippen LogP contribution in [0.1, 0.15) is 17.3 Å². The van der Waals surface area contributed by atoms with Gasteiger partial charge in [0.1, 0.15) is 0 Å². The average Bonchev–Trinajstić information content (AvgIpc) is 2.69. The molecule has 1 aromatic heterocycles. The molecule has 0 fully saturated rings. The maximum atomic E-state index is 11.4. The fourth-order valence-corrected chi connectivity index (χ4v) is 1.62. The Hall–Kier alpha value is -1.84. The van der Waals surface area contributed by atoms with Crippen LogP contribution in [0.5, 0.6) is 0 Å². The Morgan fingerprint density at radius 1 is 1.53 bits per heavy atom. The van der Waals surface area contributed by atoms with Crippen molar-refractivity contribution in [3.05, 3.63) is 30.0 Å². The Labute approximate surface area is 87.9 Å². The number of carbonyl (C=O) groups excluding carboxylic acids is 1. The molecule has 0 bridgehead atoms. The smallest absolute Gasteiger partial charge is 0.251 e. The number of aryl methyl sites for hydroxylation is 1. The van der Waals surface area contributed by atoms with Gasteiger partial charge in [0.05, 0.1) is 11.7 Å². The van der Waals surface area contributed by atoms with Gasteiger partial charge in [-0.05, 0) is 25.1 Å². The third kappa shape index (κ3) is 1.58. The van der Waals surface area contributed by atoms with Crippen LogP contribution in [0.25, 0.3) is 10.9 Å². The number of amides is 1. The van der Waals surface area contributed by atoms with Crippen molar-refractivity contribution in [1.29, 1.82) is 0 Å². The van der Waals surface area contributed by atoms with Gasteiger partial charge in [0.25, 0.3) is 5.91 Å². The summed E-state index contributed by atoms with van der Waals surface area (Å²) in [4.78, 5) is 11.4. The number of nitrogens with one attached hydrogen (secondary N) is 1. The number of rotatable bonds is 2. The van der Waals surface area contributed by atoms with Crippen LogP contribution >= 0.6 is 0 Å². The van der Waals surface area contributed by atoms with Crippen LogP contribution in [0.3, 0.4) is 0 Å². The minimum Gasteiger partial charge on any atom is -0.355 e. The summed E-state index contributed by atoms with van der Waals surface area (Å²) in [5, 5.41) is 7.82. The van der Waals surface area contributed by atoms with Crippen molar-refractivity contribution in [3.63, 3.8) is 0 Å². The Balaban J connectivity index is 2.53. The number of hydrogen-bond donors (Lipinski definition) is 1. The Morgan fingerprint density at radius 2 is 2.33 bits per heavy atom. The zero-order chi connectivity index (χ0) is 10.8. The maximum Gasteiger partial charge on any atom is 0.251 e. The monoisotopic (exact) mass is 203 g/mol. The largest absolute Gasteiger partial charge is 0.355 e. The Bertz CT molecular complexity index is 502. The van der Waals surface area contributed by atoms with E-state index in [0.29, 0.717) is 5.56 Å². The van der Waals surface area contributed by atoms with Gasteiger partial charge in [0.2, 0.25) is 0 Å². The van der Waals surface area contributed by atoms with E-state index in [4.69, 9.17) is 0 Å². The number of fused-ring (bicyclic) bond motifs is 1. The molecule has 4 heteroatoms. The summed E-state index contributed by atoms with van der Waals surface area (Å²) >= 11 is 0. The van der Waals surface area contributed by atoms with Gasteiger partial charge >= 0.3 is 0 Å². The molecule has 2 rings (SSSR count). The number of aromatic nitrogens is 2. The molecule has 0 aliphatic heterocycles. The van der Waals surface area contributed by atoms with Gasteiger partial charge < -0.3 is 5.32 Å². The summed E-state index contributed by atoms with van der Waals surface area (Å²) in [6.45, 7) is 2.88. The van der Waals surface area contributed by atoms with E-state index in [1.165, 1.54) is 0 Å². The second-order valence-corrected chi connectivity index (χ2v) is 3.31. The van der Waals surface area contributed by atoms with E-state index in [1.807, 2.05) is 29.8 Å². The molecule has 1 aromatic carbocycles. The quantitative estimate of drug-likeness (QED) is 0.802. The lowest BCUT2D eigenvalue weighted by Crippen LogP contribution is -2.17. The van der Waals surface area contributed by atoms with Crippen molar-refractivity contribution in [2.45, 2.75) is 13.5 Å². The molecule has 0 aliphatic rings. The molecule has 1 N–H and O–H groups in total. The normalized spacial score (nSPS) is 10.5. The van der Waals surface area contributed by atoms with Gasteiger partial charge in [-0.1, -0.05) is 0 Å². The van der Waals surface area contributed by atoms with Crippen molar-refractivity contribution >= 4 is 16.8 Å². The minimum absolute atomic E-state index is 0.0684. The van der Waals surface area contributed by atoms with Gasteiger partial charge in [-0.2, -0.15) is 5.10 Å². The summed E-state index contributed by atoms with van der Waals surface area (Å²) in [5.41, 5.74) is 1.73. The highest BCUT2D eigenvalue weighted by Crippen LogP contribution is 2.15. The van der Waals surface area contributed by atoms with Crippen LogP contribution in [0, 0.1) is 0 Å². The third-order valence-electron chi connectivity index (χ3n) is 2.43. The predicted octanol–water partition coefficient (Wildman–Crippen LogP) is 1.42. The molecule has 4 nitrogen and oxygen atoms in total. The first-order chi connectivity index (χ1) is 7.26. The number of hydrogen-bond acceptors (Lipinski definition) is 2. The van der Waals surface area contributed by atoms with E-state index < -0.39 is 0 Å². The molecule has 15 heavy (non-hydrogen) atoms. The molecule has 0 radical (unpaired) electrons. The first kappa shape index (κ1) is 9.71. The van der Waals surface area contributed by atoms with Crippen molar-refractivity contribution in [2.75, 3.05) is 7.05 Å². The first-order valence-corrected chi connectivity index (χ1v) is 4.94. The summed E-state index contributed by atoms with van der Waals surface area (Å²) in [5.74, 6) is -0.0684. The van der Waals surface area contributed by atoms with Gasteiger partial charge in [-0.15, -0.1) is 0 Å². The standard InChI is InChI=1S/C11H13N3O/c1-3-14-10-5-4-8(11(15)12-2)6-9(10)7-13-14/h4-7H,3H2,1-2H3,(H,12,15). The van der Waals surface area contributed by atoms with Gasteiger partial charge in [0, 0.05) is 24.5 Å². The zero-order valence-corrected chi connectivity index (χ0v) is 8.82. The number of nitrogens with zero attached hydrogens (tertiary/aromatic N) is 2. The van der Waals surface area contributed by atoms with Crippen LogP contribution in [0.4, 0.5) is 0 Å². The van der Waals surface area contributed by atoms with Crippen molar-refractivity contribution in [3.8, 4) is 0 Å². The lowest BCUT2D eigenvalue weighted by Gasteiger charge is -2.01. The van der Waals surface area contributed by atoms with E-state index in [2.05, 4.69) is 10.4 Å². The molecule has 0 saturated carbocycles. The molecule has 0 atom stereocenters. The minimum atomic E-state index is -0.0684. The van der Waals surface area contributed by atoms with Gasteiger partial charge in [0.15, 0.2) is 0 Å². The molecule has 1 amide bonds. The molecule has 0 saturated heterocycles. The van der Waals surface area contributed by atoms with Crippen LogP contribution in [-0.2, 0) is 6.54 Å². The van der Waals surface area contributed by atoms with Crippen LogP contribution in [0.15, 0.2) is 24.4 Å². The average molecular weight is 203 g/mol. The second-order valence-electron chi connectivity index (χ2n) is 3.31. The van der Waals surface area contributed by atoms with Gasteiger partial charge in [-0.25, -0.2) is 0 Å². The highest BCUT2D eigenvalue weighted by atomic mass is 16.1. The molecule has 1 heterocycles. The molecular weight excluding hydrogens is 190 g/mol. The molecule has 0 spiro atoms. The van der Waals surface area contributed by atoms with E-state index >= 15 is 0 Å². The lowest BCUT2D eigenvalue weighted by atomic mass is 10.1. The fraction of sp³-hybridized carbons (Fsp3) is 0.273.